The third-order valence-electron chi connectivity index (χ3n) is 3.85. The summed E-state index contributed by atoms with van der Waals surface area (Å²) in [5.41, 5.74) is 1.18. The van der Waals surface area contributed by atoms with E-state index in [4.69, 9.17) is 11.6 Å². The molecular formula is C19H15ClFN3O2. The number of nitrogens with one attached hydrogen (secondary N) is 1. The molecule has 3 aromatic rings. The zero-order valence-electron chi connectivity index (χ0n) is 14.1. The summed E-state index contributed by atoms with van der Waals surface area (Å²) in [6.45, 7) is 3.41. The molecule has 0 aliphatic rings. The molecule has 5 nitrogen and oxygen atoms in total. The van der Waals surface area contributed by atoms with Gasteiger partial charge >= 0.3 is 0 Å². The van der Waals surface area contributed by atoms with Crippen LogP contribution in [0, 0.1) is 19.7 Å². The average molecular weight is 372 g/mol. The maximum Gasteiger partial charge on any atom is 0.280 e. The largest absolute Gasteiger partial charge is 0.320 e. The normalized spacial score (nSPS) is 10.6. The highest BCUT2D eigenvalue weighted by Crippen LogP contribution is 2.20. The van der Waals surface area contributed by atoms with Crippen molar-refractivity contribution in [2.75, 3.05) is 5.32 Å². The van der Waals surface area contributed by atoms with E-state index < -0.39 is 17.2 Å². The summed E-state index contributed by atoms with van der Waals surface area (Å²) >= 11 is 6.19. The fraction of sp³-hybridized carbons (Fsp3) is 0.105. The van der Waals surface area contributed by atoms with Crippen molar-refractivity contribution in [3.63, 3.8) is 0 Å². The molecule has 3 rings (SSSR count). The minimum absolute atomic E-state index is 0.279. The van der Waals surface area contributed by atoms with E-state index in [1.165, 1.54) is 28.9 Å². The lowest BCUT2D eigenvalue weighted by Gasteiger charge is -2.13. The Morgan fingerprint density at radius 2 is 1.88 bits per heavy atom. The third kappa shape index (κ3) is 3.50. The molecule has 0 atom stereocenters. The van der Waals surface area contributed by atoms with Crippen LogP contribution in [0.5, 0.6) is 0 Å². The van der Waals surface area contributed by atoms with Crippen LogP contribution in [-0.2, 0) is 0 Å². The summed E-state index contributed by atoms with van der Waals surface area (Å²) in [7, 11) is 0. The highest BCUT2D eigenvalue weighted by atomic mass is 35.5. The van der Waals surface area contributed by atoms with Crippen LogP contribution in [-0.4, -0.2) is 15.7 Å². The fourth-order valence-corrected chi connectivity index (χ4v) is 2.70. The number of benzene rings is 2. The number of hydrogen-bond donors (Lipinski definition) is 1. The molecule has 0 aliphatic carbocycles. The van der Waals surface area contributed by atoms with Crippen molar-refractivity contribution in [1.29, 1.82) is 0 Å². The predicted molar refractivity (Wildman–Crippen MR) is 98.7 cm³/mol. The maximum absolute atomic E-state index is 13.4. The van der Waals surface area contributed by atoms with Crippen molar-refractivity contribution in [2.24, 2.45) is 0 Å². The number of carbonyl (C=O) groups excluding carboxylic acids is 1. The summed E-state index contributed by atoms with van der Waals surface area (Å²) in [5.74, 6) is -1.21. The van der Waals surface area contributed by atoms with Gasteiger partial charge in [0.2, 0.25) is 5.43 Å². The van der Waals surface area contributed by atoms with Gasteiger partial charge < -0.3 is 5.32 Å². The summed E-state index contributed by atoms with van der Waals surface area (Å²) in [5, 5.41) is 7.13. The number of anilines is 1. The quantitative estimate of drug-likeness (QED) is 0.759. The number of rotatable bonds is 3. The number of halogens is 2. The summed E-state index contributed by atoms with van der Waals surface area (Å²) in [4.78, 5) is 24.8. The van der Waals surface area contributed by atoms with E-state index in [1.54, 1.807) is 38.1 Å². The zero-order valence-corrected chi connectivity index (χ0v) is 14.8. The summed E-state index contributed by atoms with van der Waals surface area (Å²) in [6.07, 6.45) is 0. The zero-order chi connectivity index (χ0) is 18.8. The number of para-hydroxylation sites is 1. The number of carbonyl (C=O) groups is 1. The molecule has 2 aromatic carbocycles. The van der Waals surface area contributed by atoms with Crippen LogP contribution in [0.2, 0.25) is 5.02 Å². The van der Waals surface area contributed by atoms with Crippen molar-refractivity contribution in [3.05, 3.63) is 86.5 Å². The van der Waals surface area contributed by atoms with Crippen molar-refractivity contribution in [1.82, 2.24) is 9.78 Å². The fourth-order valence-electron chi connectivity index (χ4n) is 2.48. The Balaban J connectivity index is 2.04. The average Bonchev–Trinajstić information content (AvgIpc) is 2.59. The molecule has 1 amide bonds. The molecule has 0 fully saturated rings. The Morgan fingerprint density at radius 3 is 2.62 bits per heavy atom. The Bertz CT molecular complexity index is 1060. The molecular weight excluding hydrogens is 357 g/mol. The summed E-state index contributed by atoms with van der Waals surface area (Å²) in [6, 6.07) is 12.3. The first-order chi connectivity index (χ1) is 12.4. The Labute approximate surface area is 154 Å². The van der Waals surface area contributed by atoms with E-state index >= 15 is 0 Å². The number of aromatic nitrogens is 2. The van der Waals surface area contributed by atoms with Crippen molar-refractivity contribution in [2.45, 2.75) is 13.8 Å². The molecule has 26 heavy (non-hydrogen) atoms. The number of nitrogens with zero attached hydrogens (tertiary/aromatic N) is 2. The van der Waals surface area contributed by atoms with Gasteiger partial charge in [-0.05, 0) is 43.7 Å². The van der Waals surface area contributed by atoms with E-state index in [2.05, 4.69) is 10.4 Å². The first-order valence-electron chi connectivity index (χ1n) is 7.80. The number of aryl methyl sites for hydroxylation is 2. The van der Waals surface area contributed by atoms with Gasteiger partial charge in [-0.1, -0.05) is 29.8 Å². The molecule has 0 saturated carbocycles. The van der Waals surface area contributed by atoms with E-state index in [0.717, 1.165) is 0 Å². The molecule has 1 N–H and O–H groups in total. The van der Waals surface area contributed by atoms with Gasteiger partial charge in [-0.2, -0.15) is 5.10 Å². The first-order valence-corrected chi connectivity index (χ1v) is 8.18. The molecule has 1 heterocycles. The van der Waals surface area contributed by atoms with Gasteiger partial charge in [-0.15, -0.1) is 0 Å². The van der Waals surface area contributed by atoms with Gasteiger partial charge in [-0.3, -0.25) is 9.59 Å². The van der Waals surface area contributed by atoms with Crippen LogP contribution < -0.4 is 10.7 Å². The molecule has 0 bridgehead atoms. The highest BCUT2D eigenvalue weighted by Gasteiger charge is 2.17. The Hall–Kier alpha value is -2.99. The van der Waals surface area contributed by atoms with E-state index in [-0.39, 0.29) is 11.4 Å². The minimum Gasteiger partial charge on any atom is -0.320 e. The van der Waals surface area contributed by atoms with Gasteiger partial charge in [-0.25, -0.2) is 9.07 Å². The molecule has 0 spiro atoms. The number of amides is 1. The van der Waals surface area contributed by atoms with E-state index in [1.807, 2.05) is 0 Å². The van der Waals surface area contributed by atoms with E-state index in [9.17, 15) is 14.0 Å². The SMILES string of the molecule is Cc1ccc(F)cc1NC(=O)c1nn(-c2ccccc2Cl)c(C)cc1=O. The van der Waals surface area contributed by atoms with Gasteiger partial charge in [0.05, 0.1) is 10.7 Å². The van der Waals surface area contributed by atoms with Crippen LogP contribution in [0.4, 0.5) is 10.1 Å². The van der Waals surface area contributed by atoms with Crippen LogP contribution in [0.15, 0.2) is 53.3 Å². The van der Waals surface area contributed by atoms with Gasteiger partial charge in [0, 0.05) is 17.4 Å². The minimum atomic E-state index is -0.718. The monoisotopic (exact) mass is 371 g/mol. The lowest BCUT2D eigenvalue weighted by atomic mass is 10.2. The second-order valence-corrected chi connectivity index (χ2v) is 6.18. The van der Waals surface area contributed by atoms with Gasteiger partial charge in [0.1, 0.15) is 5.82 Å². The molecule has 0 radical (unpaired) electrons. The van der Waals surface area contributed by atoms with Crippen molar-refractivity contribution in [3.8, 4) is 5.69 Å². The van der Waals surface area contributed by atoms with Crippen LogP contribution in [0.25, 0.3) is 5.69 Å². The highest BCUT2D eigenvalue weighted by molar-refractivity contribution is 6.32. The van der Waals surface area contributed by atoms with Crippen LogP contribution >= 0.6 is 11.6 Å². The first kappa shape index (κ1) is 17.8. The van der Waals surface area contributed by atoms with Gasteiger partial charge in [0.25, 0.3) is 5.91 Å². The molecule has 132 valence electrons. The molecule has 0 saturated heterocycles. The molecule has 7 heteroatoms. The molecule has 1 aromatic heterocycles. The second-order valence-electron chi connectivity index (χ2n) is 5.78. The second kappa shape index (κ2) is 7.09. The van der Waals surface area contributed by atoms with Crippen molar-refractivity contribution < 1.29 is 9.18 Å². The lowest BCUT2D eigenvalue weighted by Crippen LogP contribution is -2.27. The predicted octanol–water partition coefficient (Wildman–Crippen LogP) is 3.89. The maximum atomic E-state index is 13.4. The van der Waals surface area contributed by atoms with E-state index in [0.29, 0.717) is 22.0 Å². The Kier molecular flexibility index (Phi) is 4.86. The summed E-state index contributed by atoms with van der Waals surface area (Å²) < 4.78 is 14.8. The number of hydrogen-bond acceptors (Lipinski definition) is 3. The topological polar surface area (TPSA) is 64.0 Å². The van der Waals surface area contributed by atoms with Gasteiger partial charge in [0.15, 0.2) is 5.69 Å². The van der Waals surface area contributed by atoms with Crippen LogP contribution in [0.3, 0.4) is 0 Å². The van der Waals surface area contributed by atoms with Crippen molar-refractivity contribution >= 4 is 23.2 Å². The molecule has 0 aliphatic heterocycles. The standard InChI is InChI=1S/C19H15ClFN3O2/c1-11-7-8-13(21)10-15(11)22-19(26)18-17(25)9-12(2)24(23-18)16-6-4-3-5-14(16)20/h3-10H,1-2H3,(H,22,26). The lowest BCUT2D eigenvalue weighted by molar-refractivity contribution is 0.101. The Morgan fingerprint density at radius 1 is 1.15 bits per heavy atom. The molecule has 0 unspecified atom stereocenters. The third-order valence-corrected chi connectivity index (χ3v) is 4.17. The smallest absolute Gasteiger partial charge is 0.280 e. The van der Waals surface area contributed by atoms with Crippen LogP contribution in [0.1, 0.15) is 21.7 Å².